The number of rotatable bonds is 3. The van der Waals surface area contributed by atoms with Crippen molar-refractivity contribution in [3.05, 3.63) is 12.7 Å². The normalized spacial score (nSPS) is 23.8. The summed E-state index contributed by atoms with van der Waals surface area (Å²) in [4.78, 5) is 38.9. The Kier molecular flexibility index (Phi) is 6.49. The third-order valence-corrected chi connectivity index (χ3v) is 3.85. The van der Waals surface area contributed by atoms with Crippen LogP contribution >= 0.6 is 0 Å². The molecule has 1 rings (SSSR count). The fraction of sp³-hybridized carbons (Fsp3) is 0.737. The van der Waals surface area contributed by atoms with Gasteiger partial charge in [0.2, 0.25) is 11.8 Å². The highest BCUT2D eigenvalue weighted by molar-refractivity contribution is 5.92. The van der Waals surface area contributed by atoms with E-state index in [0.29, 0.717) is 13.0 Å². The lowest BCUT2D eigenvalue weighted by atomic mass is 9.81. The molecule has 0 aromatic heterocycles. The van der Waals surface area contributed by atoms with E-state index in [4.69, 9.17) is 4.74 Å². The molecular formula is C19H33N3O4. The van der Waals surface area contributed by atoms with Crippen LogP contribution in [0.1, 0.15) is 54.9 Å². The molecule has 0 bridgehead atoms. The second-order valence-corrected chi connectivity index (χ2v) is 9.03. The van der Waals surface area contributed by atoms with Crippen LogP contribution < -0.4 is 10.6 Å². The van der Waals surface area contributed by atoms with Crippen molar-refractivity contribution >= 4 is 17.9 Å². The largest absolute Gasteiger partial charge is 0.444 e. The quantitative estimate of drug-likeness (QED) is 0.749. The fourth-order valence-electron chi connectivity index (χ4n) is 2.98. The van der Waals surface area contributed by atoms with E-state index in [2.05, 4.69) is 17.2 Å². The van der Waals surface area contributed by atoms with Crippen LogP contribution in [0.4, 0.5) is 4.79 Å². The Morgan fingerprint density at radius 3 is 2.19 bits per heavy atom. The Morgan fingerprint density at radius 2 is 1.77 bits per heavy atom. The van der Waals surface area contributed by atoms with Crippen LogP contribution in [0.2, 0.25) is 0 Å². The molecule has 3 amide bonds. The van der Waals surface area contributed by atoms with E-state index in [1.807, 2.05) is 20.8 Å². The van der Waals surface area contributed by atoms with E-state index in [1.165, 1.54) is 11.8 Å². The third-order valence-electron chi connectivity index (χ3n) is 3.85. The second-order valence-electron chi connectivity index (χ2n) is 9.03. The van der Waals surface area contributed by atoms with Crippen molar-refractivity contribution < 1.29 is 19.1 Å². The lowest BCUT2D eigenvalue weighted by molar-refractivity contribution is -0.137. The number of carbonyl (C=O) groups is 3. The van der Waals surface area contributed by atoms with Crippen LogP contribution in [0.5, 0.6) is 0 Å². The zero-order valence-electron chi connectivity index (χ0n) is 17.1. The zero-order chi connectivity index (χ0) is 20.3. The molecule has 1 aliphatic rings. The maximum atomic E-state index is 13.0. The van der Waals surface area contributed by atoms with Gasteiger partial charge in [0, 0.05) is 19.0 Å². The smallest absolute Gasteiger partial charge is 0.410 e. The van der Waals surface area contributed by atoms with Gasteiger partial charge in [0.05, 0.1) is 6.54 Å². The summed E-state index contributed by atoms with van der Waals surface area (Å²) in [5, 5.41) is 5.70. The summed E-state index contributed by atoms with van der Waals surface area (Å²) in [6.45, 7) is 16.6. The van der Waals surface area contributed by atoms with Crippen LogP contribution in [0.3, 0.4) is 0 Å². The van der Waals surface area contributed by atoms with E-state index < -0.39 is 22.8 Å². The minimum atomic E-state index is -1.23. The Balaban J connectivity index is 3.21. The van der Waals surface area contributed by atoms with Crippen molar-refractivity contribution in [1.29, 1.82) is 0 Å². The SMILES string of the molecule is C=C[C@H]1CN(C(=O)OC(C)(C)C)C[C@@](NC(C)=O)(C(=O)NC(C)(C)C)C1. The molecule has 1 heterocycles. The molecule has 1 aliphatic heterocycles. The van der Waals surface area contributed by atoms with Crippen LogP contribution in [0, 0.1) is 5.92 Å². The molecular weight excluding hydrogens is 334 g/mol. The Morgan fingerprint density at radius 1 is 1.19 bits per heavy atom. The van der Waals surface area contributed by atoms with Gasteiger partial charge in [-0.15, -0.1) is 6.58 Å². The molecule has 0 spiro atoms. The minimum Gasteiger partial charge on any atom is -0.444 e. The average Bonchev–Trinajstić information content (AvgIpc) is 2.42. The first-order valence-corrected chi connectivity index (χ1v) is 8.89. The summed E-state index contributed by atoms with van der Waals surface area (Å²) in [5.41, 5.74) is -2.35. The highest BCUT2D eigenvalue weighted by Crippen LogP contribution is 2.29. The van der Waals surface area contributed by atoms with Gasteiger partial charge in [-0.3, -0.25) is 9.59 Å². The summed E-state index contributed by atoms with van der Waals surface area (Å²) in [6.07, 6.45) is 1.57. The molecule has 0 radical (unpaired) electrons. The van der Waals surface area contributed by atoms with E-state index in [9.17, 15) is 14.4 Å². The van der Waals surface area contributed by atoms with Crippen LogP contribution in [-0.2, 0) is 14.3 Å². The second kappa shape index (κ2) is 7.68. The molecule has 2 N–H and O–H groups in total. The van der Waals surface area contributed by atoms with Gasteiger partial charge >= 0.3 is 6.09 Å². The maximum Gasteiger partial charge on any atom is 0.410 e. The lowest BCUT2D eigenvalue weighted by Gasteiger charge is -2.45. The van der Waals surface area contributed by atoms with Crippen LogP contribution in [0.25, 0.3) is 0 Å². The van der Waals surface area contributed by atoms with Crippen molar-refractivity contribution in [2.24, 2.45) is 5.92 Å². The molecule has 0 saturated carbocycles. The Bertz CT molecular complexity index is 574. The number of carbonyl (C=O) groups excluding carboxylic acids is 3. The molecule has 0 aromatic rings. The van der Waals surface area contributed by atoms with Gasteiger partial charge in [-0.25, -0.2) is 4.79 Å². The van der Waals surface area contributed by atoms with Gasteiger partial charge in [-0.2, -0.15) is 0 Å². The number of amides is 3. The van der Waals surface area contributed by atoms with E-state index >= 15 is 0 Å². The van der Waals surface area contributed by atoms with Crippen LogP contribution in [0.15, 0.2) is 12.7 Å². The Hall–Kier alpha value is -2.05. The number of ether oxygens (including phenoxy) is 1. The summed E-state index contributed by atoms with van der Waals surface area (Å²) in [6, 6.07) is 0. The first-order valence-electron chi connectivity index (χ1n) is 8.89. The van der Waals surface area contributed by atoms with Gasteiger partial charge in [-0.05, 0) is 53.9 Å². The number of hydrogen-bond donors (Lipinski definition) is 2. The molecule has 26 heavy (non-hydrogen) atoms. The fourth-order valence-corrected chi connectivity index (χ4v) is 2.98. The van der Waals surface area contributed by atoms with Crippen molar-refractivity contribution in [2.45, 2.75) is 71.6 Å². The summed E-state index contributed by atoms with van der Waals surface area (Å²) >= 11 is 0. The molecule has 7 nitrogen and oxygen atoms in total. The molecule has 0 unspecified atom stereocenters. The van der Waals surface area contributed by atoms with E-state index in [-0.39, 0.29) is 24.3 Å². The molecule has 7 heteroatoms. The maximum absolute atomic E-state index is 13.0. The number of nitrogens with one attached hydrogen (secondary N) is 2. The Labute approximate surface area is 156 Å². The summed E-state index contributed by atoms with van der Waals surface area (Å²) < 4.78 is 5.46. The molecule has 148 valence electrons. The summed E-state index contributed by atoms with van der Waals surface area (Å²) in [7, 11) is 0. The third kappa shape index (κ3) is 6.35. The van der Waals surface area contributed by atoms with Crippen molar-refractivity contribution in [1.82, 2.24) is 15.5 Å². The van der Waals surface area contributed by atoms with Crippen LogP contribution in [-0.4, -0.2) is 52.6 Å². The van der Waals surface area contributed by atoms with Gasteiger partial charge in [0.15, 0.2) is 0 Å². The molecule has 1 saturated heterocycles. The van der Waals surface area contributed by atoms with Gasteiger partial charge in [-0.1, -0.05) is 6.08 Å². The number of likely N-dealkylation sites (tertiary alicyclic amines) is 1. The van der Waals surface area contributed by atoms with Crippen molar-refractivity contribution in [2.75, 3.05) is 13.1 Å². The number of piperidine rings is 1. The lowest BCUT2D eigenvalue weighted by Crippen LogP contribution is -2.69. The van der Waals surface area contributed by atoms with E-state index in [0.717, 1.165) is 0 Å². The van der Waals surface area contributed by atoms with E-state index in [1.54, 1.807) is 26.8 Å². The standard InChI is InChI=1S/C19H33N3O4/c1-9-14-10-19(20-13(2)23,15(24)21-17(3,4)5)12-22(11-14)16(25)26-18(6,7)8/h9,14H,1,10-12H2,2-8H3,(H,20,23)(H,21,24)/t14-,19-/m1/s1. The predicted molar refractivity (Wildman–Crippen MR) is 101 cm³/mol. The predicted octanol–water partition coefficient (Wildman–Crippen LogP) is 2.22. The monoisotopic (exact) mass is 367 g/mol. The topological polar surface area (TPSA) is 87.7 Å². The molecule has 0 aliphatic carbocycles. The highest BCUT2D eigenvalue weighted by Gasteiger charge is 2.48. The number of hydrogen-bond acceptors (Lipinski definition) is 4. The molecule has 0 aromatic carbocycles. The van der Waals surface area contributed by atoms with Gasteiger partial charge in [0.25, 0.3) is 0 Å². The van der Waals surface area contributed by atoms with Crippen molar-refractivity contribution in [3.63, 3.8) is 0 Å². The highest BCUT2D eigenvalue weighted by atomic mass is 16.6. The zero-order valence-corrected chi connectivity index (χ0v) is 17.1. The first-order chi connectivity index (χ1) is 11.7. The minimum absolute atomic E-state index is 0.0494. The van der Waals surface area contributed by atoms with Crippen molar-refractivity contribution in [3.8, 4) is 0 Å². The molecule has 2 atom stereocenters. The number of nitrogens with zero attached hydrogens (tertiary/aromatic N) is 1. The van der Waals surface area contributed by atoms with Gasteiger partial charge in [0.1, 0.15) is 11.1 Å². The first kappa shape index (κ1) is 22.0. The average molecular weight is 367 g/mol. The molecule has 1 fully saturated rings. The van der Waals surface area contributed by atoms with Gasteiger partial charge < -0.3 is 20.3 Å². The summed E-state index contributed by atoms with van der Waals surface area (Å²) in [5.74, 6) is -0.794.